The van der Waals surface area contributed by atoms with Gasteiger partial charge in [-0.3, -0.25) is 9.89 Å². The van der Waals surface area contributed by atoms with Crippen molar-refractivity contribution in [1.82, 2.24) is 20.2 Å². The second-order valence-electron chi connectivity index (χ2n) is 7.58. The van der Waals surface area contributed by atoms with Gasteiger partial charge in [0.15, 0.2) is 10.8 Å². The van der Waals surface area contributed by atoms with Crippen molar-refractivity contribution >= 4 is 23.1 Å². The third kappa shape index (κ3) is 4.68. The van der Waals surface area contributed by atoms with Crippen LogP contribution in [0.4, 0.5) is 13.2 Å². The Morgan fingerprint density at radius 2 is 2.22 bits per heavy atom. The number of aryl methyl sites for hydroxylation is 1. The summed E-state index contributed by atoms with van der Waals surface area (Å²) in [6, 6.07) is 1.88. The molecule has 0 bridgehead atoms. The monoisotopic (exact) mass is 465 g/mol. The summed E-state index contributed by atoms with van der Waals surface area (Å²) in [5.74, 6) is -3.63. The van der Waals surface area contributed by atoms with Crippen LogP contribution in [0.5, 0.6) is 0 Å². The van der Waals surface area contributed by atoms with E-state index in [1.807, 2.05) is 0 Å². The van der Waals surface area contributed by atoms with Crippen molar-refractivity contribution in [3.8, 4) is 0 Å². The van der Waals surface area contributed by atoms with Crippen LogP contribution in [0.25, 0.3) is 0 Å². The van der Waals surface area contributed by atoms with Crippen LogP contribution in [0.3, 0.4) is 0 Å². The number of ether oxygens (including phenoxy) is 1. The van der Waals surface area contributed by atoms with Crippen LogP contribution in [0.1, 0.15) is 35.7 Å². The minimum Gasteiger partial charge on any atom is -0.463 e. The van der Waals surface area contributed by atoms with Gasteiger partial charge in [0.25, 0.3) is 5.92 Å². The Kier molecular flexibility index (Phi) is 6.29. The summed E-state index contributed by atoms with van der Waals surface area (Å²) in [6.07, 6.45) is 1.38. The molecule has 0 aliphatic carbocycles. The van der Waals surface area contributed by atoms with E-state index in [0.717, 1.165) is 0 Å². The van der Waals surface area contributed by atoms with E-state index in [4.69, 9.17) is 4.74 Å². The molecular weight excluding hydrogens is 443 g/mol. The number of pyridine rings is 1. The summed E-state index contributed by atoms with van der Waals surface area (Å²) in [5.41, 5.74) is 1.50. The van der Waals surface area contributed by atoms with E-state index in [-0.39, 0.29) is 31.7 Å². The van der Waals surface area contributed by atoms with Gasteiger partial charge in [0, 0.05) is 48.0 Å². The van der Waals surface area contributed by atoms with Crippen molar-refractivity contribution in [1.29, 1.82) is 0 Å². The number of carbonyl (C=O) groups excluding carboxylic acids is 1. The number of rotatable bonds is 6. The van der Waals surface area contributed by atoms with E-state index in [2.05, 4.69) is 20.3 Å². The molecule has 11 heteroatoms. The highest BCUT2D eigenvalue weighted by Crippen LogP contribution is 2.35. The maximum atomic E-state index is 13.8. The van der Waals surface area contributed by atoms with Gasteiger partial charge in [-0.25, -0.2) is 23.5 Å². The average Bonchev–Trinajstić information content (AvgIpc) is 3.37. The SMILES string of the molecule is CCOC(=O)C1=C(CN2CCC(F)(F)C2)NC(c2nccs2)=NC1c1ccc(F)nc1C. The number of aliphatic imine (C=N–C) groups is 1. The first-order valence-electron chi connectivity index (χ1n) is 10.2. The molecule has 0 aromatic carbocycles. The van der Waals surface area contributed by atoms with Crippen LogP contribution in [0.2, 0.25) is 0 Å². The molecule has 0 amide bonds. The Morgan fingerprint density at radius 3 is 2.84 bits per heavy atom. The summed E-state index contributed by atoms with van der Waals surface area (Å²) >= 11 is 1.35. The third-order valence-corrected chi connectivity index (χ3v) is 6.05. The van der Waals surface area contributed by atoms with Crippen molar-refractivity contribution in [2.45, 2.75) is 32.2 Å². The van der Waals surface area contributed by atoms with Gasteiger partial charge in [-0.2, -0.15) is 4.39 Å². The number of halogens is 3. The van der Waals surface area contributed by atoms with Crippen LogP contribution in [0, 0.1) is 12.9 Å². The predicted octanol–water partition coefficient (Wildman–Crippen LogP) is 3.23. The lowest BCUT2D eigenvalue weighted by Crippen LogP contribution is -2.39. The largest absolute Gasteiger partial charge is 0.463 e. The molecule has 7 nitrogen and oxygen atoms in total. The molecule has 0 radical (unpaired) electrons. The number of esters is 1. The summed E-state index contributed by atoms with van der Waals surface area (Å²) in [7, 11) is 0. The first-order chi connectivity index (χ1) is 15.3. The zero-order chi connectivity index (χ0) is 22.9. The number of carbonyl (C=O) groups is 1. The van der Waals surface area contributed by atoms with Crippen LogP contribution in [0.15, 0.2) is 40.0 Å². The molecule has 4 heterocycles. The predicted molar refractivity (Wildman–Crippen MR) is 113 cm³/mol. The number of thiazole rings is 1. The minimum absolute atomic E-state index is 0.0817. The fourth-order valence-electron chi connectivity index (χ4n) is 3.84. The number of hydrogen-bond acceptors (Lipinski definition) is 8. The van der Waals surface area contributed by atoms with Gasteiger partial charge in [-0.1, -0.05) is 6.07 Å². The van der Waals surface area contributed by atoms with E-state index in [1.165, 1.54) is 23.5 Å². The first kappa shape index (κ1) is 22.4. The van der Waals surface area contributed by atoms with E-state index in [1.54, 1.807) is 30.3 Å². The maximum Gasteiger partial charge on any atom is 0.338 e. The molecule has 1 N–H and O–H groups in total. The lowest BCUT2D eigenvalue weighted by Gasteiger charge is -2.29. The highest BCUT2D eigenvalue weighted by atomic mass is 32.1. The minimum atomic E-state index is -2.78. The number of amidine groups is 1. The van der Waals surface area contributed by atoms with Gasteiger partial charge in [-0.15, -0.1) is 11.3 Å². The third-order valence-electron chi connectivity index (χ3n) is 5.27. The molecule has 2 aromatic rings. The molecular formula is C21H22F3N5O2S. The van der Waals surface area contributed by atoms with E-state index < -0.39 is 30.4 Å². The first-order valence-corrected chi connectivity index (χ1v) is 11.0. The quantitative estimate of drug-likeness (QED) is 0.521. The average molecular weight is 466 g/mol. The van der Waals surface area contributed by atoms with E-state index in [9.17, 15) is 18.0 Å². The molecule has 0 saturated carbocycles. The van der Waals surface area contributed by atoms with Gasteiger partial charge >= 0.3 is 5.97 Å². The molecule has 2 aliphatic heterocycles. The molecule has 1 saturated heterocycles. The second-order valence-corrected chi connectivity index (χ2v) is 8.47. The zero-order valence-electron chi connectivity index (χ0n) is 17.6. The van der Waals surface area contributed by atoms with Gasteiger partial charge in [-0.05, 0) is 19.9 Å². The van der Waals surface area contributed by atoms with Gasteiger partial charge < -0.3 is 10.1 Å². The highest BCUT2D eigenvalue weighted by molar-refractivity contribution is 7.11. The smallest absolute Gasteiger partial charge is 0.338 e. The summed E-state index contributed by atoms with van der Waals surface area (Å²) in [6.45, 7) is 3.31. The maximum absolute atomic E-state index is 13.8. The van der Waals surface area contributed by atoms with Gasteiger partial charge in [0.05, 0.1) is 18.7 Å². The molecule has 4 rings (SSSR count). The molecule has 170 valence electrons. The van der Waals surface area contributed by atoms with Crippen LogP contribution in [-0.4, -0.2) is 58.8 Å². The molecule has 1 atom stereocenters. The second kappa shape index (κ2) is 8.99. The van der Waals surface area contributed by atoms with Crippen molar-refractivity contribution in [3.05, 3.63) is 57.2 Å². The molecule has 1 fully saturated rings. The number of hydrogen-bond donors (Lipinski definition) is 1. The fourth-order valence-corrected chi connectivity index (χ4v) is 4.43. The molecule has 32 heavy (non-hydrogen) atoms. The number of alkyl halides is 2. The molecule has 2 aliphatic rings. The van der Waals surface area contributed by atoms with E-state index >= 15 is 0 Å². The number of aromatic nitrogens is 2. The van der Waals surface area contributed by atoms with Crippen molar-refractivity contribution in [3.63, 3.8) is 0 Å². The number of nitrogens with one attached hydrogen (secondary N) is 1. The Hall–Kier alpha value is -2.79. The Balaban J connectivity index is 1.81. The Labute approximate surface area is 187 Å². The molecule has 1 unspecified atom stereocenters. The normalized spacial score (nSPS) is 20.8. The van der Waals surface area contributed by atoms with Crippen molar-refractivity contribution in [2.24, 2.45) is 4.99 Å². The molecule has 2 aromatic heterocycles. The Morgan fingerprint density at radius 1 is 1.41 bits per heavy atom. The zero-order valence-corrected chi connectivity index (χ0v) is 18.4. The number of nitrogens with zero attached hydrogens (tertiary/aromatic N) is 4. The van der Waals surface area contributed by atoms with Crippen molar-refractivity contribution in [2.75, 3.05) is 26.2 Å². The highest BCUT2D eigenvalue weighted by Gasteiger charge is 2.40. The lowest BCUT2D eigenvalue weighted by atomic mass is 9.94. The fraction of sp³-hybridized carbons (Fsp3) is 0.429. The van der Waals surface area contributed by atoms with Gasteiger partial charge in [0.2, 0.25) is 5.95 Å². The van der Waals surface area contributed by atoms with Crippen LogP contribution in [-0.2, 0) is 9.53 Å². The summed E-state index contributed by atoms with van der Waals surface area (Å²) in [5, 5.41) is 5.49. The Bertz CT molecular complexity index is 1070. The lowest BCUT2D eigenvalue weighted by molar-refractivity contribution is -0.139. The molecule has 0 spiro atoms. The summed E-state index contributed by atoms with van der Waals surface area (Å²) < 4.78 is 46.6. The standard InChI is InChI=1S/C21H22F3N5O2S/c1-3-31-20(30)16-14(10-29-8-6-21(23,24)11-29)27-18(19-25-7-9-32-19)28-17(16)13-4-5-15(22)26-12(13)2/h4-5,7,9,17H,3,6,8,10-11H2,1-2H3,(H,27,28). The van der Waals surface area contributed by atoms with Crippen LogP contribution < -0.4 is 5.32 Å². The summed E-state index contributed by atoms with van der Waals surface area (Å²) in [4.78, 5) is 27.4. The van der Waals surface area contributed by atoms with Crippen molar-refractivity contribution < 1.29 is 22.7 Å². The topological polar surface area (TPSA) is 79.7 Å². The number of likely N-dealkylation sites (tertiary alicyclic amines) is 1. The van der Waals surface area contributed by atoms with Gasteiger partial charge in [0.1, 0.15) is 6.04 Å². The van der Waals surface area contributed by atoms with E-state index in [0.29, 0.717) is 27.8 Å². The van der Waals surface area contributed by atoms with Crippen LogP contribution >= 0.6 is 11.3 Å².